The first-order valence-electron chi connectivity index (χ1n) is 6.37. The summed E-state index contributed by atoms with van der Waals surface area (Å²) in [5.41, 5.74) is 5.92. The average Bonchev–Trinajstić information content (AvgIpc) is 2.98. The van der Waals surface area contributed by atoms with Gasteiger partial charge >= 0.3 is 0 Å². The summed E-state index contributed by atoms with van der Waals surface area (Å²) in [7, 11) is 0. The van der Waals surface area contributed by atoms with Crippen LogP contribution in [-0.2, 0) is 4.74 Å². The van der Waals surface area contributed by atoms with Crippen molar-refractivity contribution in [1.29, 1.82) is 0 Å². The maximum Gasteiger partial charge on any atom is 0.0747 e. The van der Waals surface area contributed by atoms with Crippen LogP contribution in [0.15, 0.2) is 0 Å². The molecule has 2 aliphatic rings. The molecular weight excluding hydrogens is 188 g/mol. The summed E-state index contributed by atoms with van der Waals surface area (Å²) in [5.74, 6) is 0. The fraction of sp³-hybridized carbons (Fsp3) is 1.00. The van der Waals surface area contributed by atoms with Gasteiger partial charge in [0.25, 0.3) is 0 Å². The van der Waals surface area contributed by atoms with Crippen molar-refractivity contribution in [1.82, 2.24) is 4.90 Å². The Kier molecular flexibility index (Phi) is 3.65. The predicted octanol–water partition coefficient (Wildman–Crippen LogP) is 1.37. The Balaban J connectivity index is 1.95. The second kappa shape index (κ2) is 4.81. The van der Waals surface area contributed by atoms with E-state index in [0.29, 0.717) is 18.2 Å². The van der Waals surface area contributed by atoms with Crippen LogP contribution in [0.3, 0.4) is 0 Å². The highest BCUT2D eigenvalue weighted by molar-refractivity contribution is 4.93. The van der Waals surface area contributed by atoms with E-state index in [9.17, 15) is 0 Å². The summed E-state index contributed by atoms with van der Waals surface area (Å²) in [4.78, 5) is 2.56. The molecule has 2 rings (SSSR count). The molecule has 0 aromatic heterocycles. The Morgan fingerprint density at radius 1 is 1.33 bits per heavy atom. The second-order valence-electron chi connectivity index (χ2n) is 4.93. The molecule has 2 fully saturated rings. The Labute approximate surface area is 93.0 Å². The van der Waals surface area contributed by atoms with Crippen molar-refractivity contribution in [3.8, 4) is 0 Å². The lowest BCUT2D eigenvalue weighted by atomic mass is 10.1. The van der Waals surface area contributed by atoms with Gasteiger partial charge in [0.15, 0.2) is 0 Å². The first-order valence-corrected chi connectivity index (χ1v) is 6.37. The van der Waals surface area contributed by atoms with Crippen molar-refractivity contribution in [2.24, 2.45) is 5.73 Å². The van der Waals surface area contributed by atoms with Gasteiger partial charge in [-0.1, -0.05) is 6.92 Å². The van der Waals surface area contributed by atoms with Gasteiger partial charge < -0.3 is 10.5 Å². The molecule has 3 atom stereocenters. The number of likely N-dealkylation sites (N-methyl/N-ethyl adjacent to an activating group) is 1. The Hall–Kier alpha value is -0.120. The largest absolute Gasteiger partial charge is 0.374 e. The van der Waals surface area contributed by atoms with Crippen molar-refractivity contribution in [2.75, 3.05) is 13.1 Å². The summed E-state index contributed by atoms with van der Waals surface area (Å²) in [6, 6.07) is 1.25. The van der Waals surface area contributed by atoms with Gasteiger partial charge in [0.05, 0.1) is 12.2 Å². The number of ether oxygens (including phenoxy) is 1. The Bertz CT molecular complexity index is 206. The van der Waals surface area contributed by atoms with Crippen molar-refractivity contribution in [3.05, 3.63) is 0 Å². The smallest absolute Gasteiger partial charge is 0.0747 e. The third-order valence-corrected chi connectivity index (χ3v) is 3.74. The van der Waals surface area contributed by atoms with Gasteiger partial charge in [0.1, 0.15) is 0 Å². The van der Waals surface area contributed by atoms with Gasteiger partial charge in [-0.2, -0.15) is 0 Å². The van der Waals surface area contributed by atoms with Crippen molar-refractivity contribution in [2.45, 2.75) is 63.8 Å². The highest BCUT2D eigenvalue weighted by Gasteiger charge is 2.38. The molecule has 0 amide bonds. The van der Waals surface area contributed by atoms with Crippen LogP contribution in [0.5, 0.6) is 0 Å². The van der Waals surface area contributed by atoms with E-state index in [-0.39, 0.29) is 0 Å². The van der Waals surface area contributed by atoms with E-state index in [2.05, 4.69) is 18.7 Å². The molecule has 0 bridgehead atoms. The molecule has 1 saturated carbocycles. The summed E-state index contributed by atoms with van der Waals surface area (Å²) in [6.07, 6.45) is 5.90. The molecule has 3 heteroatoms. The van der Waals surface area contributed by atoms with Crippen molar-refractivity contribution in [3.63, 3.8) is 0 Å². The fourth-order valence-corrected chi connectivity index (χ4v) is 2.79. The molecule has 0 radical (unpaired) electrons. The lowest BCUT2D eigenvalue weighted by molar-refractivity contribution is -0.00550. The van der Waals surface area contributed by atoms with E-state index in [1.807, 2.05) is 0 Å². The fourth-order valence-electron chi connectivity index (χ4n) is 2.79. The molecule has 88 valence electrons. The molecule has 0 aromatic carbocycles. The van der Waals surface area contributed by atoms with E-state index >= 15 is 0 Å². The molecule has 0 spiro atoms. The van der Waals surface area contributed by atoms with Gasteiger partial charge in [-0.15, -0.1) is 0 Å². The highest BCUT2D eigenvalue weighted by atomic mass is 16.5. The topological polar surface area (TPSA) is 38.5 Å². The number of nitrogens with zero attached hydrogens (tertiary/aromatic N) is 1. The zero-order valence-electron chi connectivity index (χ0n) is 9.98. The third kappa shape index (κ3) is 2.52. The third-order valence-electron chi connectivity index (χ3n) is 3.74. The monoisotopic (exact) mass is 212 g/mol. The van der Waals surface area contributed by atoms with Crippen molar-refractivity contribution >= 4 is 0 Å². The molecular formula is C12H24N2O. The van der Waals surface area contributed by atoms with Gasteiger partial charge in [-0.3, -0.25) is 4.90 Å². The number of nitrogens with two attached hydrogens (primary N) is 1. The maximum absolute atomic E-state index is 5.95. The standard InChI is InChI=1S/C12H24N2O/c1-3-14(10-5-6-10)11(8-13)12-7-4-9(2)15-12/h9-12H,3-8,13H2,1-2H3. The zero-order chi connectivity index (χ0) is 10.8. The van der Waals surface area contributed by atoms with E-state index in [1.54, 1.807) is 0 Å². The van der Waals surface area contributed by atoms with Crippen LogP contribution < -0.4 is 5.73 Å². The normalized spacial score (nSPS) is 33.6. The molecule has 1 aliphatic heterocycles. The van der Waals surface area contributed by atoms with E-state index in [0.717, 1.165) is 19.1 Å². The van der Waals surface area contributed by atoms with Gasteiger partial charge in [0.2, 0.25) is 0 Å². The van der Waals surface area contributed by atoms with Crippen LogP contribution >= 0.6 is 0 Å². The molecule has 1 heterocycles. The van der Waals surface area contributed by atoms with Crippen LogP contribution in [0.25, 0.3) is 0 Å². The molecule has 15 heavy (non-hydrogen) atoms. The molecule has 3 unspecified atom stereocenters. The predicted molar refractivity (Wildman–Crippen MR) is 61.8 cm³/mol. The Morgan fingerprint density at radius 2 is 2.07 bits per heavy atom. The number of rotatable bonds is 5. The van der Waals surface area contributed by atoms with Crippen LogP contribution in [0.4, 0.5) is 0 Å². The lowest BCUT2D eigenvalue weighted by Gasteiger charge is -2.33. The number of hydrogen-bond donors (Lipinski definition) is 1. The summed E-state index contributed by atoms with van der Waals surface area (Å²) < 4.78 is 5.95. The molecule has 0 aromatic rings. The first kappa shape index (κ1) is 11.4. The molecule has 1 aliphatic carbocycles. The molecule has 3 nitrogen and oxygen atoms in total. The highest BCUT2D eigenvalue weighted by Crippen LogP contribution is 2.32. The average molecular weight is 212 g/mol. The zero-order valence-corrected chi connectivity index (χ0v) is 9.98. The van der Waals surface area contributed by atoms with Crippen LogP contribution in [0, 0.1) is 0 Å². The SMILES string of the molecule is CCN(C1CC1)C(CN)C1CCC(C)O1. The van der Waals surface area contributed by atoms with Crippen LogP contribution in [0.1, 0.15) is 39.5 Å². The summed E-state index contributed by atoms with van der Waals surface area (Å²) in [5, 5.41) is 0. The minimum atomic E-state index is 0.380. The van der Waals surface area contributed by atoms with Crippen LogP contribution in [0.2, 0.25) is 0 Å². The minimum absolute atomic E-state index is 0.380. The molecule has 2 N–H and O–H groups in total. The van der Waals surface area contributed by atoms with E-state index in [4.69, 9.17) is 10.5 Å². The number of hydrogen-bond acceptors (Lipinski definition) is 3. The minimum Gasteiger partial charge on any atom is -0.374 e. The molecule has 1 saturated heterocycles. The quantitative estimate of drug-likeness (QED) is 0.748. The van der Waals surface area contributed by atoms with Crippen LogP contribution in [-0.4, -0.2) is 42.3 Å². The van der Waals surface area contributed by atoms with Gasteiger partial charge in [-0.25, -0.2) is 0 Å². The van der Waals surface area contributed by atoms with Gasteiger partial charge in [-0.05, 0) is 39.2 Å². The van der Waals surface area contributed by atoms with E-state index in [1.165, 1.54) is 25.7 Å². The van der Waals surface area contributed by atoms with E-state index < -0.39 is 0 Å². The second-order valence-corrected chi connectivity index (χ2v) is 4.93. The summed E-state index contributed by atoms with van der Waals surface area (Å²) >= 11 is 0. The summed E-state index contributed by atoms with van der Waals surface area (Å²) in [6.45, 7) is 6.25. The maximum atomic E-state index is 5.95. The van der Waals surface area contributed by atoms with Crippen molar-refractivity contribution < 1.29 is 4.74 Å². The lowest BCUT2D eigenvalue weighted by Crippen LogP contribution is -2.49. The Morgan fingerprint density at radius 3 is 2.47 bits per heavy atom. The van der Waals surface area contributed by atoms with Gasteiger partial charge in [0, 0.05) is 18.6 Å². The first-order chi connectivity index (χ1) is 7.26.